The number of likely N-dealkylation sites (tertiary alicyclic amines) is 1. The van der Waals surface area contributed by atoms with Gasteiger partial charge in [0, 0.05) is 37.8 Å². The van der Waals surface area contributed by atoms with Crippen molar-refractivity contribution in [3.63, 3.8) is 0 Å². The third-order valence-electron chi connectivity index (χ3n) is 5.88. The molecule has 9 heteroatoms. The first-order valence-corrected chi connectivity index (χ1v) is 10.7. The molecule has 1 saturated heterocycles. The van der Waals surface area contributed by atoms with Gasteiger partial charge in [0.2, 0.25) is 0 Å². The van der Waals surface area contributed by atoms with Crippen molar-refractivity contribution in [1.82, 2.24) is 24.8 Å². The summed E-state index contributed by atoms with van der Waals surface area (Å²) in [6, 6.07) is 7.90. The van der Waals surface area contributed by atoms with Crippen molar-refractivity contribution in [2.45, 2.75) is 32.1 Å². The summed E-state index contributed by atoms with van der Waals surface area (Å²) in [5.41, 5.74) is 2.38. The Hall–Kier alpha value is -3.17. The number of rotatable bonds is 8. The Morgan fingerprint density at radius 3 is 2.50 bits per heavy atom. The maximum absolute atomic E-state index is 12.5. The van der Waals surface area contributed by atoms with Gasteiger partial charge in [-0.15, -0.1) is 0 Å². The van der Waals surface area contributed by atoms with Crippen molar-refractivity contribution in [2.24, 2.45) is 0 Å². The number of nitrogens with zero attached hydrogens (tertiary/aromatic N) is 4. The Morgan fingerprint density at radius 1 is 1.00 bits per heavy atom. The molecule has 3 heterocycles. The molecule has 1 aromatic carbocycles. The molecule has 0 aliphatic carbocycles. The van der Waals surface area contributed by atoms with Crippen molar-refractivity contribution in [1.29, 1.82) is 0 Å². The Labute approximate surface area is 186 Å². The van der Waals surface area contributed by atoms with Gasteiger partial charge in [-0.2, -0.15) is 0 Å². The minimum Gasteiger partial charge on any atom is -0.497 e. The Kier molecular flexibility index (Phi) is 6.87. The van der Waals surface area contributed by atoms with Gasteiger partial charge < -0.3 is 19.5 Å². The van der Waals surface area contributed by atoms with E-state index in [9.17, 15) is 4.79 Å². The van der Waals surface area contributed by atoms with E-state index in [1.165, 1.54) is 6.20 Å². The SMILES string of the molecule is COc1ccc2ncc(=O)n(CN3CCC(NCc4cc(OC)c(OC)cn4)CC3)c2c1. The first kappa shape index (κ1) is 22.0. The second-order valence-corrected chi connectivity index (χ2v) is 7.82. The van der Waals surface area contributed by atoms with E-state index in [0.717, 1.165) is 42.7 Å². The molecule has 3 aromatic rings. The van der Waals surface area contributed by atoms with Crippen molar-refractivity contribution in [2.75, 3.05) is 34.4 Å². The molecule has 170 valence electrons. The van der Waals surface area contributed by atoms with E-state index in [-0.39, 0.29) is 5.56 Å². The summed E-state index contributed by atoms with van der Waals surface area (Å²) in [7, 11) is 4.85. The lowest BCUT2D eigenvalue weighted by Crippen LogP contribution is -2.44. The van der Waals surface area contributed by atoms with Crippen molar-refractivity contribution in [3.05, 3.63) is 52.7 Å². The highest BCUT2D eigenvalue weighted by Crippen LogP contribution is 2.26. The van der Waals surface area contributed by atoms with Crippen LogP contribution in [0.5, 0.6) is 17.2 Å². The number of hydrogen-bond donors (Lipinski definition) is 1. The summed E-state index contributed by atoms with van der Waals surface area (Å²) in [5, 5.41) is 3.59. The van der Waals surface area contributed by atoms with Crippen LogP contribution in [0.4, 0.5) is 0 Å². The number of benzene rings is 1. The largest absolute Gasteiger partial charge is 0.497 e. The van der Waals surface area contributed by atoms with Crippen LogP contribution in [0.1, 0.15) is 18.5 Å². The number of nitrogens with one attached hydrogen (secondary N) is 1. The normalized spacial score (nSPS) is 15.1. The lowest BCUT2D eigenvalue weighted by atomic mass is 10.1. The molecule has 0 radical (unpaired) electrons. The molecule has 1 fully saturated rings. The van der Waals surface area contributed by atoms with Gasteiger partial charge in [0.15, 0.2) is 11.5 Å². The second kappa shape index (κ2) is 9.97. The van der Waals surface area contributed by atoms with Crippen molar-refractivity contribution >= 4 is 11.0 Å². The van der Waals surface area contributed by atoms with Crippen LogP contribution < -0.4 is 25.1 Å². The van der Waals surface area contributed by atoms with Crippen LogP contribution in [-0.2, 0) is 13.2 Å². The number of pyridine rings is 1. The van der Waals surface area contributed by atoms with Gasteiger partial charge in [-0.3, -0.25) is 19.2 Å². The van der Waals surface area contributed by atoms with E-state index >= 15 is 0 Å². The quantitative estimate of drug-likeness (QED) is 0.570. The second-order valence-electron chi connectivity index (χ2n) is 7.82. The zero-order chi connectivity index (χ0) is 22.5. The summed E-state index contributed by atoms with van der Waals surface area (Å²) in [6.07, 6.45) is 5.06. The van der Waals surface area contributed by atoms with Gasteiger partial charge in [0.05, 0.1) is 57.1 Å². The average Bonchev–Trinajstić information content (AvgIpc) is 2.84. The Morgan fingerprint density at radius 2 is 1.78 bits per heavy atom. The lowest BCUT2D eigenvalue weighted by molar-refractivity contribution is 0.159. The minimum atomic E-state index is -0.106. The van der Waals surface area contributed by atoms with E-state index in [0.29, 0.717) is 36.5 Å². The molecule has 32 heavy (non-hydrogen) atoms. The smallest absolute Gasteiger partial charge is 0.270 e. The number of methoxy groups -OCH3 is 3. The van der Waals surface area contributed by atoms with Gasteiger partial charge in [0.1, 0.15) is 5.75 Å². The highest BCUT2D eigenvalue weighted by Gasteiger charge is 2.20. The first-order chi connectivity index (χ1) is 15.6. The summed E-state index contributed by atoms with van der Waals surface area (Å²) in [6.45, 7) is 3.00. The minimum absolute atomic E-state index is 0.106. The monoisotopic (exact) mass is 439 g/mol. The standard InChI is InChI=1S/C23H29N5O4/c1-30-18-4-5-19-20(11-18)28(23(29)14-26-19)15-27-8-6-16(7-9-27)24-12-17-10-21(31-2)22(32-3)13-25-17/h4-5,10-11,13-14,16,24H,6-9,12,15H2,1-3H3. The highest BCUT2D eigenvalue weighted by molar-refractivity contribution is 5.76. The predicted octanol–water partition coefficient (Wildman–Crippen LogP) is 2.03. The van der Waals surface area contributed by atoms with Gasteiger partial charge >= 0.3 is 0 Å². The number of aromatic nitrogens is 3. The molecule has 0 unspecified atom stereocenters. The van der Waals surface area contributed by atoms with E-state index < -0.39 is 0 Å². The van der Waals surface area contributed by atoms with Crippen molar-refractivity contribution < 1.29 is 14.2 Å². The molecule has 1 N–H and O–H groups in total. The fourth-order valence-corrected chi connectivity index (χ4v) is 4.02. The topological polar surface area (TPSA) is 90.7 Å². The molecule has 4 rings (SSSR count). The summed E-state index contributed by atoms with van der Waals surface area (Å²) in [5.74, 6) is 2.02. The van der Waals surface area contributed by atoms with Gasteiger partial charge in [-0.1, -0.05) is 0 Å². The maximum Gasteiger partial charge on any atom is 0.270 e. The Balaban J connectivity index is 1.36. The van der Waals surface area contributed by atoms with Crippen LogP contribution >= 0.6 is 0 Å². The predicted molar refractivity (Wildman–Crippen MR) is 121 cm³/mol. The van der Waals surface area contributed by atoms with E-state index in [1.807, 2.05) is 24.3 Å². The maximum atomic E-state index is 12.5. The van der Waals surface area contributed by atoms with E-state index in [4.69, 9.17) is 14.2 Å². The molecule has 2 aromatic heterocycles. The zero-order valence-electron chi connectivity index (χ0n) is 18.7. The van der Waals surface area contributed by atoms with E-state index in [1.54, 1.807) is 32.1 Å². The number of fused-ring (bicyclic) bond motifs is 1. The van der Waals surface area contributed by atoms with Crippen LogP contribution in [-0.4, -0.2) is 59.9 Å². The first-order valence-electron chi connectivity index (χ1n) is 10.7. The molecule has 1 aliphatic heterocycles. The van der Waals surface area contributed by atoms with Gasteiger partial charge in [-0.25, -0.2) is 4.98 Å². The van der Waals surface area contributed by atoms with E-state index in [2.05, 4.69) is 20.2 Å². The fourth-order valence-electron chi connectivity index (χ4n) is 4.02. The zero-order valence-corrected chi connectivity index (χ0v) is 18.7. The molecular formula is C23H29N5O4. The van der Waals surface area contributed by atoms with Crippen LogP contribution in [0.3, 0.4) is 0 Å². The lowest BCUT2D eigenvalue weighted by Gasteiger charge is -2.33. The van der Waals surface area contributed by atoms with Gasteiger partial charge in [-0.05, 0) is 25.0 Å². The van der Waals surface area contributed by atoms with Crippen LogP contribution in [0.15, 0.2) is 41.5 Å². The Bertz CT molecular complexity index is 1130. The number of piperidine rings is 1. The van der Waals surface area contributed by atoms with Gasteiger partial charge in [0.25, 0.3) is 5.56 Å². The average molecular weight is 440 g/mol. The number of hydrogen-bond acceptors (Lipinski definition) is 8. The summed E-state index contributed by atoms with van der Waals surface area (Å²) < 4.78 is 17.7. The molecule has 0 atom stereocenters. The van der Waals surface area contributed by atoms with Crippen LogP contribution in [0.2, 0.25) is 0 Å². The molecular weight excluding hydrogens is 410 g/mol. The van der Waals surface area contributed by atoms with Crippen LogP contribution in [0, 0.1) is 0 Å². The molecule has 9 nitrogen and oxygen atoms in total. The summed E-state index contributed by atoms with van der Waals surface area (Å²) >= 11 is 0. The fraction of sp³-hybridized carbons (Fsp3) is 0.435. The molecule has 0 spiro atoms. The molecule has 0 saturated carbocycles. The highest BCUT2D eigenvalue weighted by atomic mass is 16.5. The molecule has 0 bridgehead atoms. The summed E-state index contributed by atoms with van der Waals surface area (Å²) in [4.78, 5) is 23.5. The molecule has 1 aliphatic rings. The van der Waals surface area contributed by atoms with Crippen molar-refractivity contribution in [3.8, 4) is 17.2 Å². The van der Waals surface area contributed by atoms with Crippen LogP contribution in [0.25, 0.3) is 11.0 Å². The third-order valence-corrected chi connectivity index (χ3v) is 5.88. The third kappa shape index (κ3) is 4.84. The molecule has 0 amide bonds. The number of ether oxygens (including phenoxy) is 3.